The van der Waals surface area contributed by atoms with Crippen molar-refractivity contribution in [2.75, 3.05) is 25.5 Å². The van der Waals surface area contributed by atoms with Crippen LogP contribution in [0.25, 0.3) is 0 Å². The lowest BCUT2D eigenvalue weighted by Crippen LogP contribution is -2.16. The van der Waals surface area contributed by atoms with Crippen LogP contribution < -0.4 is 10.2 Å². The summed E-state index contributed by atoms with van der Waals surface area (Å²) in [4.78, 5) is 2.10. The first-order valence-corrected chi connectivity index (χ1v) is 7.34. The van der Waals surface area contributed by atoms with Crippen LogP contribution in [0.2, 0.25) is 0 Å². The number of rotatable bonds is 7. The Kier molecular flexibility index (Phi) is 5.78. The number of hydrogen-bond donors (Lipinski definition) is 2. The van der Waals surface area contributed by atoms with E-state index in [1.54, 1.807) is 0 Å². The summed E-state index contributed by atoms with van der Waals surface area (Å²) in [6.07, 6.45) is 1.00. The summed E-state index contributed by atoms with van der Waals surface area (Å²) in [7, 11) is 4.10. The van der Waals surface area contributed by atoms with Crippen molar-refractivity contribution in [2.45, 2.75) is 19.6 Å². The van der Waals surface area contributed by atoms with Crippen LogP contribution in [0.1, 0.15) is 16.7 Å². The second-order valence-corrected chi connectivity index (χ2v) is 5.46. The third kappa shape index (κ3) is 4.88. The van der Waals surface area contributed by atoms with E-state index in [1.165, 1.54) is 16.8 Å². The summed E-state index contributed by atoms with van der Waals surface area (Å²) < 4.78 is 0. The highest BCUT2D eigenvalue weighted by Gasteiger charge is 1.97. The van der Waals surface area contributed by atoms with Gasteiger partial charge < -0.3 is 15.3 Å². The van der Waals surface area contributed by atoms with E-state index < -0.39 is 0 Å². The molecule has 0 aliphatic carbocycles. The smallest absolute Gasteiger partial charge is 0.0681 e. The monoisotopic (exact) mass is 284 g/mol. The summed E-state index contributed by atoms with van der Waals surface area (Å²) in [5, 5.41) is 12.5. The maximum absolute atomic E-state index is 9.01. The number of aliphatic hydroxyl groups excluding tert-OH is 1. The first-order chi connectivity index (χ1) is 10.2. The molecule has 0 fully saturated rings. The van der Waals surface area contributed by atoms with E-state index in [2.05, 4.69) is 60.7 Å². The SMILES string of the molecule is CN(C)c1ccc(CNCCc2ccc(CO)cc2)cc1. The first-order valence-electron chi connectivity index (χ1n) is 7.34. The molecule has 0 amide bonds. The quantitative estimate of drug-likeness (QED) is 0.767. The highest BCUT2D eigenvalue weighted by Crippen LogP contribution is 2.12. The fraction of sp³-hybridized carbons (Fsp3) is 0.333. The van der Waals surface area contributed by atoms with Crippen LogP contribution in [0.5, 0.6) is 0 Å². The van der Waals surface area contributed by atoms with Gasteiger partial charge in [0.15, 0.2) is 0 Å². The molecule has 2 rings (SSSR count). The largest absolute Gasteiger partial charge is 0.392 e. The second-order valence-electron chi connectivity index (χ2n) is 5.46. The predicted octanol–water partition coefficient (Wildman–Crippen LogP) is 2.58. The molecule has 21 heavy (non-hydrogen) atoms. The molecular formula is C18H24N2O. The van der Waals surface area contributed by atoms with Gasteiger partial charge in [-0.25, -0.2) is 0 Å². The topological polar surface area (TPSA) is 35.5 Å². The maximum Gasteiger partial charge on any atom is 0.0681 e. The van der Waals surface area contributed by atoms with E-state index in [1.807, 2.05) is 12.1 Å². The molecule has 2 N–H and O–H groups in total. The van der Waals surface area contributed by atoms with E-state index in [0.29, 0.717) is 0 Å². The maximum atomic E-state index is 9.01. The summed E-state index contributed by atoms with van der Waals surface area (Å²) in [5.41, 5.74) is 4.79. The molecule has 0 unspecified atom stereocenters. The lowest BCUT2D eigenvalue weighted by molar-refractivity contribution is 0.282. The number of nitrogens with one attached hydrogen (secondary N) is 1. The van der Waals surface area contributed by atoms with Crippen LogP contribution in [-0.2, 0) is 19.6 Å². The van der Waals surface area contributed by atoms with E-state index >= 15 is 0 Å². The molecule has 0 aliphatic heterocycles. The van der Waals surface area contributed by atoms with Gasteiger partial charge in [-0.3, -0.25) is 0 Å². The van der Waals surface area contributed by atoms with Crippen molar-refractivity contribution >= 4 is 5.69 Å². The number of aliphatic hydroxyl groups is 1. The van der Waals surface area contributed by atoms with Crippen molar-refractivity contribution in [3.8, 4) is 0 Å². The average molecular weight is 284 g/mol. The number of hydrogen-bond acceptors (Lipinski definition) is 3. The lowest BCUT2D eigenvalue weighted by Gasteiger charge is -2.13. The first kappa shape index (κ1) is 15.5. The molecule has 112 valence electrons. The molecule has 2 aromatic rings. The van der Waals surface area contributed by atoms with Gasteiger partial charge in [-0.15, -0.1) is 0 Å². The fourth-order valence-electron chi connectivity index (χ4n) is 2.19. The van der Waals surface area contributed by atoms with Crippen molar-refractivity contribution in [3.05, 3.63) is 65.2 Å². The second kappa shape index (κ2) is 7.81. The van der Waals surface area contributed by atoms with Crippen LogP contribution in [0.4, 0.5) is 5.69 Å². The summed E-state index contributed by atoms with van der Waals surface area (Å²) >= 11 is 0. The number of anilines is 1. The van der Waals surface area contributed by atoms with Crippen molar-refractivity contribution in [3.63, 3.8) is 0 Å². The summed E-state index contributed by atoms with van der Waals surface area (Å²) in [5.74, 6) is 0. The van der Waals surface area contributed by atoms with E-state index in [4.69, 9.17) is 5.11 Å². The molecule has 0 saturated heterocycles. The minimum Gasteiger partial charge on any atom is -0.392 e. The third-order valence-electron chi connectivity index (χ3n) is 3.58. The Bertz CT molecular complexity index is 532. The van der Waals surface area contributed by atoms with Crippen molar-refractivity contribution in [1.82, 2.24) is 5.32 Å². The standard InChI is InChI=1S/C18H24N2O/c1-20(2)18-9-7-16(8-10-18)13-19-12-11-15-3-5-17(14-21)6-4-15/h3-10,19,21H,11-14H2,1-2H3. The van der Waals surface area contributed by atoms with Crippen molar-refractivity contribution in [1.29, 1.82) is 0 Å². The minimum atomic E-state index is 0.113. The van der Waals surface area contributed by atoms with Gasteiger partial charge in [-0.05, 0) is 41.8 Å². The van der Waals surface area contributed by atoms with Crippen LogP contribution in [0.15, 0.2) is 48.5 Å². The van der Waals surface area contributed by atoms with Gasteiger partial charge in [0.25, 0.3) is 0 Å². The molecule has 0 heterocycles. The van der Waals surface area contributed by atoms with Crippen LogP contribution >= 0.6 is 0 Å². The molecule has 0 aliphatic rings. The Morgan fingerprint density at radius 3 is 2.00 bits per heavy atom. The van der Waals surface area contributed by atoms with Gasteiger partial charge in [0.05, 0.1) is 6.61 Å². The lowest BCUT2D eigenvalue weighted by atomic mass is 10.1. The highest BCUT2D eigenvalue weighted by atomic mass is 16.3. The van der Waals surface area contributed by atoms with Crippen LogP contribution in [0.3, 0.4) is 0 Å². The van der Waals surface area contributed by atoms with E-state index in [9.17, 15) is 0 Å². The third-order valence-corrected chi connectivity index (χ3v) is 3.58. The highest BCUT2D eigenvalue weighted by molar-refractivity contribution is 5.45. The van der Waals surface area contributed by atoms with E-state index in [-0.39, 0.29) is 6.61 Å². The Balaban J connectivity index is 1.73. The molecular weight excluding hydrogens is 260 g/mol. The van der Waals surface area contributed by atoms with Crippen LogP contribution in [-0.4, -0.2) is 25.7 Å². The van der Waals surface area contributed by atoms with Gasteiger partial charge in [0.1, 0.15) is 0 Å². The molecule has 0 bridgehead atoms. The predicted molar refractivity (Wildman–Crippen MR) is 88.5 cm³/mol. The number of benzene rings is 2. The molecule has 0 spiro atoms. The number of nitrogens with zero attached hydrogens (tertiary/aromatic N) is 1. The Morgan fingerprint density at radius 2 is 1.43 bits per heavy atom. The Labute approximate surface area is 127 Å². The van der Waals surface area contributed by atoms with Gasteiger partial charge in [0, 0.05) is 26.3 Å². The van der Waals surface area contributed by atoms with Gasteiger partial charge in [-0.1, -0.05) is 36.4 Å². The van der Waals surface area contributed by atoms with Gasteiger partial charge in [-0.2, -0.15) is 0 Å². The zero-order valence-electron chi connectivity index (χ0n) is 12.8. The normalized spacial score (nSPS) is 10.6. The molecule has 0 radical (unpaired) electrons. The van der Waals surface area contributed by atoms with Gasteiger partial charge in [0.2, 0.25) is 0 Å². The molecule has 0 aromatic heterocycles. The average Bonchev–Trinajstić information content (AvgIpc) is 2.52. The van der Waals surface area contributed by atoms with Crippen molar-refractivity contribution in [2.24, 2.45) is 0 Å². The fourth-order valence-corrected chi connectivity index (χ4v) is 2.19. The van der Waals surface area contributed by atoms with Crippen LogP contribution in [0, 0.1) is 0 Å². The molecule has 3 heteroatoms. The van der Waals surface area contributed by atoms with Crippen molar-refractivity contribution < 1.29 is 5.11 Å². The molecule has 0 atom stereocenters. The van der Waals surface area contributed by atoms with E-state index in [0.717, 1.165) is 25.1 Å². The van der Waals surface area contributed by atoms with Gasteiger partial charge >= 0.3 is 0 Å². The molecule has 2 aromatic carbocycles. The molecule has 0 saturated carbocycles. The Morgan fingerprint density at radius 1 is 0.857 bits per heavy atom. The Hall–Kier alpha value is -1.84. The summed E-state index contributed by atoms with van der Waals surface area (Å²) in [6.45, 7) is 1.96. The summed E-state index contributed by atoms with van der Waals surface area (Å²) in [6, 6.07) is 16.7. The zero-order valence-corrected chi connectivity index (χ0v) is 12.8. The minimum absolute atomic E-state index is 0.113. The molecule has 3 nitrogen and oxygen atoms in total. The zero-order chi connectivity index (χ0) is 15.1.